The largest absolute Gasteiger partial charge is 0.378 e. The molecule has 1 saturated heterocycles. The highest BCUT2D eigenvalue weighted by molar-refractivity contribution is 7.15. The first kappa shape index (κ1) is 18.6. The van der Waals surface area contributed by atoms with Crippen molar-refractivity contribution >= 4 is 28.1 Å². The number of aryl methyl sites for hydroxylation is 1. The van der Waals surface area contributed by atoms with Crippen LogP contribution in [0.5, 0.6) is 0 Å². The standard InChI is InChI=1S/C21H22N4O2S/c1-15-5-4-6-16(13-15)14-19-23-24-21(28-19)22-20(26)17-7-2-3-8-18(17)25-9-11-27-12-10-25/h2-8,13H,9-12,14H2,1H3,(H,22,24,26). The highest BCUT2D eigenvalue weighted by atomic mass is 32.1. The number of anilines is 2. The highest BCUT2D eigenvalue weighted by Gasteiger charge is 2.19. The number of hydrogen-bond donors (Lipinski definition) is 1. The van der Waals surface area contributed by atoms with Crippen LogP contribution in [0.3, 0.4) is 0 Å². The number of carbonyl (C=O) groups is 1. The second kappa shape index (κ2) is 8.50. The van der Waals surface area contributed by atoms with Gasteiger partial charge < -0.3 is 9.64 Å². The van der Waals surface area contributed by atoms with Crippen molar-refractivity contribution in [2.24, 2.45) is 0 Å². The molecule has 1 aromatic heterocycles. The minimum atomic E-state index is -0.166. The Morgan fingerprint density at radius 2 is 1.96 bits per heavy atom. The predicted molar refractivity (Wildman–Crippen MR) is 111 cm³/mol. The van der Waals surface area contributed by atoms with E-state index >= 15 is 0 Å². The molecule has 2 aromatic carbocycles. The third-order valence-electron chi connectivity index (χ3n) is 4.63. The Morgan fingerprint density at radius 3 is 2.79 bits per heavy atom. The van der Waals surface area contributed by atoms with E-state index in [9.17, 15) is 4.79 Å². The van der Waals surface area contributed by atoms with Crippen molar-refractivity contribution in [2.45, 2.75) is 13.3 Å². The molecule has 0 atom stereocenters. The van der Waals surface area contributed by atoms with E-state index < -0.39 is 0 Å². The zero-order chi connectivity index (χ0) is 19.3. The summed E-state index contributed by atoms with van der Waals surface area (Å²) in [5, 5.41) is 12.7. The molecule has 3 aromatic rings. The molecule has 0 bridgehead atoms. The SMILES string of the molecule is Cc1cccc(Cc2nnc(NC(=O)c3ccccc3N3CCOCC3)s2)c1. The van der Waals surface area contributed by atoms with Crippen molar-refractivity contribution in [3.05, 3.63) is 70.2 Å². The van der Waals surface area contributed by atoms with E-state index in [0.717, 1.165) is 23.8 Å². The molecule has 1 N–H and O–H groups in total. The van der Waals surface area contributed by atoms with Gasteiger partial charge in [-0.15, -0.1) is 10.2 Å². The van der Waals surface area contributed by atoms with Gasteiger partial charge in [0.15, 0.2) is 0 Å². The average molecular weight is 395 g/mol. The molecular formula is C21H22N4O2S. The number of hydrogen-bond acceptors (Lipinski definition) is 6. The van der Waals surface area contributed by atoms with Crippen LogP contribution in [0.25, 0.3) is 0 Å². The molecule has 1 fully saturated rings. The molecule has 7 heteroatoms. The van der Waals surface area contributed by atoms with Crippen molar-refractivity contribution in [1.29, 1.82) is 0 Å². The zero-order valence-corrected chi connectivity index (χ0v) is 16.5. The van der Waals surface area contributed by atoms with E-state index in [4.69, 9.17) is 4.74 Å². The summed E-state index contributed by atoms with van der Waals surface area (Å²) < 4.78 is 5.42. The number of nitrogens with zero attached hydrogens (tertiary/aromatic N) is 3. The van der Waals surface area contributed by atoms with Gasteiger partial charge in [0, 0.05) is 25.2 Å². The van der Waals surface area contributed by atoms with E-state index in [-0.39, 0.29) is 5.91 Å². The lowest BCUT2D eigenvalue weighted by atomic mass is 10.1. The first-order chi connectivity index (χ1) is 13.7. The van der Waals surface area contributed by atoms with E-state index in [2.05, 4.69) is 45.5 Å². The van der Waals surface area contributed by atoms with Gasteiger partial charge >= 0.3 is 0 Å². The third kappa shape index (κ3) is 4.37. The van der Waals surface area contributed by atoms with Gasteiger partial charge in [-0.3, -0.25) is 10.1 Å². The number of carbonyl (C=O) groups excluding carboxylic acids is 1. The number of morpholine rings is 1. The van der Waals surface area contributed by atoms with Crippen LogP contribution in [0.1, 0.15) is 26.5 Å². The van der Waals surface area contributed by atoms with Crippen LogP contribution < -0.4 is 10.2 Å². The fourth-order valence-electron chi connectivity index (χ4n) is 3.28. The van der Waals surface area contributed by atoms with Crippen LogP contribution in [0.4, 0.5) is 10.8 Å². The van der Waals surface area contributed by atoms with E-state index in [1.54, 1.807) is 0 Å². The maximum Gasteiger partial charge on any atom is 0.259 e. The highest BCUT2D eigenvalue weighted by Crippen LogP contribution is 2.24. The van der Waals surface area contributed by atoms with Crippen molar-refractivity contribution in [1.82, 2.24) is 10.2 Å². The Kier molecular flexibility index (Phi) is 5.64. The molecule has 28 heavy (non-hydrogen) atoms. The summed E-state index contributed by atoms with van der Waals surface area (Å²) in [5.74, 6) is -0.166. The van der Waals surface area contributed by atoms with Gasteiger partial charge in [0.2, 0.25) is 5.13 Å². The Bertz CT molecular complexity index is 966. The minimum Gasteiger partial charge on any atom is -0.378 e. The molecule has 6 nitrogen and oxygen atoms in total. The molecule has 144 valence electrons. The van der Waals surface area contributed by atoms with Gasteiger partial charge in [-0.1, -0.05) is 53.3 Å². The van der Waals surface area contributed by atoms with E-state index in [1.165, 1.54) is 22.5 Å². The number of para-hydroxylation sites is 1. The molecule has 0 saturated carbocycles. The van der Waals surface area contributed by atoms with Crippen molar-refractivity contribution < 1.29 is 9.53 Å². The van der Waals surface area contributed by atoms with Gasteiger partial charge in [0.1, 0.15) is 5.01 Å². The van der Waals surface area contributed by atoms with Gasteiger partial charge in [-0.2, -0.15) is 0 Å². The number of amides is 1. The average Bonchev–Trinajstić information content (AvgIpc) is 3.15. The van der Waals surface area contributed by atoms with Crippen LogP contribution in [0.2, 0.25) is 0 Å². The lowest BCUT2D eigenvalue weighted by molar-refractivity contribution is 0.102. The second-order valence-corrected chi connectivity index (χ2v) is 7.80. The molecule has 0 unspecified atom stereocenters. The quantitative estimate of drug-likeness (QED) is 0.717. The summed E-state index contributed by atoms with van der Waals surface area (Å²) in [6, 6.07) is 16.0. The Morgan fingerprint density at radius 1 is 1.14 bits per heavy atom. The normalized spacial score (nSPS) is 14.1. The fourth-order valence-corrected chi connectivity index (χ4v) is 4.05. The molecule has 1 amide bonds. The summed E-state index contributed by atoms with van der Waals surface area (Å²) in [4.78, 5) is 15.0. The van der Waals surface area contributed by atoms with Crippen LogP contribution >= 0.6 is 11.3 Å². The summed E-state index contributed by atoms with van der Waals surface area (Å²) in [6.45, 7) is 4.98. The second-order valence-electron chi connectivity index (χ2n) is 6.74. The fraction of sp³-hybridized carbons (Fsp3) is 0.286. The van der Waals surface area contributed by atoms with E-state index in [1.807, 2.05) is 30.3 Å². The number of ether oxygens (including phenoxy) is 1. The summed E-state index contributed by atoms with van der Waals surface area (Å²) in [6.07, 6.45) is 0.708. The third-order valence-corrected chi connectivity index (χ3v) is 5.46. The maximum absolute atomic E-state index is 12.9. The van der Waals surface area contributed by atoms with Crippen molar-refractivity contribution in [3.63, 3.8) is 0 Å². The van der Waals surface area contributed by atoms with Crippen molar-refractivity contribution in [3.8, 4) is 0 Å². The Labute approximate surface area is 168 Å². The smallest absolute Gasteiger partial charge is 0.259 e. The van der Waals surface area contributed by atoms with Crippen LogP contribution in [0.15, 0.2) is 48.5 Å². The molecule has 0 aliphatic carbocycles. The topological polar surface area (TPSA) is 67.4 Å². The number of aromatic nitrogens is 2. The van der Waals surface area contributed by atoms with Crippen LogP contribution in [-0.4, -0.2) is 42.4 Å². The number of benzene rings is 2. The van der Waals surface area contributed by atoms with Crippen LogP contribution in [0, 0.1) is 6.92 Å². The Hall–Kier alpha value is -2.77. The van der Waals surface area contributed by atoms with Crippen LogP contribution in [-0.2, 0) is 11.2 Å². The molecular weight excluding hydrogens is 372 g/mol. The summed E-state index contributed by atoms with van der Waals surface area (Å²) >= 11 is 1.41. The lowest BCUT2D eigenvalue weighted by Gasteiger charge is -2.30. The summed E-state index contributed by atoms with van der Waals surface area (Å²) in [5.41, 5.74) is 3.97. The zero-order valence-electron chi connectivity index (χ0n) is 15.7. The maximum atomic E-state index is 12.9. The molecule has 0 radical (unpaired) electrons. The lowest BCUT2D eigenvalue weighted by Crippen LogP contribution is -2.37. The predicted octanol–water partition coefficient (Wildman–Crippen LogP) is 3.53. The molecule has 0 spiro atoms. The molecule has 2 heterocycles. The molecule has 1 aliphatic heterocycles. The van der Waals surface area contributed by atoms with Gasteiger partial charge in [-0.05, 0) is 24.6 Å². The molecule has 4 rings (SSSR count). The van der Waals surface area contributed by atoms with E-state index in [0.29, 0.717) is 30.3 Å². The minimum absolute atomic E-state index is 0.166. The molecule has 1 aliphatic rings. The first-order valence-electron chi connectivity index (χ1n) is 9.30. The van der Waals surface area contributed by atoms with Crippen molar-refractivity contribution in [2.75, 3.05) is 36.5 Å². The van der Waals surface area contributed by atoms with Gasteiger partial charge in [-0.25, -0.2) is 0 Å². The number of nitrogens with one attached hydrogen (secondary N) is 1. The summed E-state index contributed by atoms with van der Waals surface area (Å²) in [7, 11) is 0. The Balaban J connectivity index is 1.47. The number of rotatable bonds is 5. The van der Waals surface area contributed by atoms with Gasteiger partial charge in [0.05, 0.1) is 18.8 Å². The first-order valence-corrected chi connectivity index (χ1v) is 10.1. The van der Waals surface area contributed by atoms with Gasteiger partial charge in [0.25, 0.3) is 5.91 Å². The monoisotopic (exact) mass is 394 g/mol.